The van der Waals surface area contributed by atoms with Gasteiger partial charge in [0.1, 0.15) is 10.4 Å². The first-order valence-electron chi connectivity index (χ1n) is 7.95. The number of amides is 1. The Morgan fingerprint density at radius 2 is 1.96 bits per heavy atom. The summed E-state index contributed by atoms with van der Waals surface area (Å²) in [5, 5.41) is 9.38. The largest absolute Gasteiger partial charge is 0.480 e. The number of aliphatic carboxylic acids is 1. The maximum atomic E-state index is 12.6. The number of carbonyl (C=O) groups is 2. The van der Waals surface area contributed by atoms with E-state index in [1.165, 1.54) is 10.5 Å². The molecular formula is C18H21NO3S2. The van der Waals surface area contributed by atoms with Crippen LogP contribution in [-0.2, 0) is 9.59 Å². The molecule has 1 atom stereocenters. The number of hydrogen-bond donors (Lipinski definition) is 1. The van der Waals surface area contributed by atoms with E-state index in [-0.39, 0.29) is 5.91 Å². The van der Waals surface area contributed by atoms with Gasteiger partial charge in [-0.25, -0.2) is 4.79 Å². The van der Waals surface area contributed by atoms with Gasteiger partial charge in [0.05, 0.1) is 4.91 Å². The highest BCUT2D eigenvalue weighted by atomic mass is 32.2. The lowest BCUT2D eigenvalue weighted by Crippen LogP contribution is -2.43. The van der Waals surface area contributed by atoms with Gasteiger partial charge in [0, 0.05) is 0 Å². The second-order valence-corrected chi connectivity index (χ2v) is 7.69. The molecule has 0 unspecified atom stereocenters. The Hall–Kier alpha value is -1.66. The monoisotopic (exact) mass is 363 g/mol. The van der Waals surface area contributed by atoms with Gasteiger partial charge in [0.25, 0.3) is 5.91 Å². The summed E-state index contributed by atoms with van der Waals surface area (Å²) in [6, 6.07) is 7.10. The molecular weight excluding hydrogens is 342 g/mol. The Morgan fingerprint density at radius 3 is 2.46 bits per heavy atom. The van der Waals surface area contributed by atoms with Crippen molar-refractivity contribution in [1.82, 2.24) is 4.90 Å². The Balaban J connectivity index is 2.25. The second-order valence-electron chi connectivity index (χ2n) is 6.02. The molecule has 0 saturated carbocycles. The summed E-state index contributed by atoms with van der Waals surface area (Å²) in [5.74, 6) is -0.892. The Labute approximate surface area is 151 Å². The fourth-order valence-corrected chi connectivity index (χ4v) is 3.87. The molecule has 128 valence electrons. The minimum atomic E-state index is -1.02. The van der Waals surface area contributed by atoms with Gasteiger partial charge < -0.3 is 5.11 Å². The number of carboxylic acid groups (broad SMARTS) is 1. The third kappa shape index (κ3) is 4.05. The van der Waals surface area contributed by atoms with Crippen molar-refractivity contribution in [2.24, 2.45) is 0 Å². The Bertz CT molecular complexity index is 680. The average molecular weight is 364 g/mol. The minimum Gasteiger partial charge on any atom is -0.480 e. The second kappa shape index (κ2) is 7.94. The van der Waals surface area contributed by atoms with Gasteiger partial charge >= 0.3 is 5.97 Å². The van der Waals surface area contributed by atoms with E-state index in [1.54, 1.807) is 6.08 Å². The van der Waals surface area contributed by atoms with Crippen LogP contribution in [-0.4, -0.2) is 32.2 Å². The van der Waals surface area contributed by atoms with E-state index in [9.17, 15) is 14.7 Å². The number of carboxylic acids is 1. The molecule has 1 saturated heterocycles. The molecule has 0 aromatic heterocycles. The van der Waals surface area contributed by atoms with Crippen molar-refractivity contribution in [3.8, 4) is 0 Å². The molecule has 1 aromatic carbocycles. The smallest absolute Gasteiger partial charge is 0.326 e. The van der Waals surface area contributed by atoms with Crippen LogP contribution in [0.5, 0.6) is 0 Å². The van der Waals surface area contributed by atoms with Crippen LogP contribution >= 0.6 is 24.0 Å². The van der Waals surface area contributed by atoms with Gasteiger partial charge in [0.2, 0.25) is 0 Å². The van der Waals surface area contributed by atoms with Crippen molar-refractivity contribution < 1.29 is 14.7 Å². The number of hydrogen-bond acceptors (Lipinski definition) is 4. The Morgan fingerprint density at radius 1 is 1.33 bits per heavy atom. The molecule has 0 spiro atoms. The van der Waals surface area contributed by atoms with Crippen LogP contribution in [0.2, 0.25) is 0 Å². The standard InChI is InChI=1S/C18H21NO3S2/c1-4-5-14(17(21)22)19-16(20)15(24-18(19)23)10-12-6-8-13(9-7-12)11(2)3/h6-11,14H,4-5H2,1-3H3,(H,21,22)/b15-10-/t14-/m0/s1. The van der Waals surface area contributed by atoms with Crippen molar-refractivity contribution in [2.45, 2.75) is 45.6 Å². The molecule has 1 amide bonds. The van der Waals surface area contributed by atoms with Gasteiger partial charge in [-0.15, -0.1) is 0 Å². The van der Waals surface area contributed by atoms with E-state index in [2.05, 4.69) is 13.8 Å². The zero-order valence-electron chi connectivity index (χ0n) is 14.0. The number of thioether (sulfide) groups is 1. The van der Waals surface area contributed by atoms with Crippen molar-refractivity contribution in [3.63, 3.8) is 0 Å². The van der Waals surface area contributed by atoms with Crippen molar-refractivity contribution in [3.05, 3.63) is 40.3 Å². The number of rotatable bonds is 6. The highest BCUT2D eigenvalue weighted by Gasteiger charge is 2.39. The summed E-state index contributed by atoms with van der Waals surface area (Å²) in [6.45, 7) is 6.14. The highest BCUT2D eigenvalue weighted by Crippen LogP contribution is 2.35. The molecule has 0 aliphatic carbocycles. The first-order valence-corrected chi connectivity index (χ1v) is 9.17. The number of benzene rings is 1. The molecule has 1 fully saturated rings. The lowest BCUT2D eigenvalue weighted by atomic mass is 10.0. The average Bonchev–Trinajstić information content (AvgIpc) is 2.79. The summed E-state index contributed by atoms with van der Waals surface area (Å²) < 4.78 is 0.311. The summed E-state index contributed by atoms with van der Waals surface area (Å²) in [7, 11) is 0. The van der Waals surface area contributed by atoms with Crippen LogP contribution in [0.25, 0.3) is 6.08 Å². The van der Waals surface area contributed by atoms with E-state index in [0.29, 0.717) is 28.0 Å². The SMILES string of the molecule is CCC[C@@H](C(=O)O)N1C(=O)/C(=C/c2ccc(C(C)C)cc2)SC1=S. The van der Waals surface area contributed by atoms with Crippen LogP contribution in [0, 0.1) is 0 Å². The molecule has 2 rings (SSSR count). The zero-order chi connectivity index (χ0) is 17.9. The summed E-state index contributed by atoms with van der Waals surface area (Å²) in [5.41, 5.74) is 2.14. The normalized spacial score (nSPS) is 17.8. The predicted octanol–water partition coefficient (Wildman–Crippen LogP) is 4.26. The molecule has 1 aliphatic rings. The molecule has 1 aliphatic heterocycles. The van der Waals surface area contributed by atoms with Gasteiger partial charge in [-0.05, 0) is 29.5 Å². The molecule has 0 bridgehead atoms. The maximum Gasteiger partial charge on any atom is 0.326 e. The molecule has 1 heterocycles. The Kier molecular flexibility index (Phi) is 6.18. The summed E-state index contributed by atoms with van der Waals surface area (Å²) in [6.07, 6.45) is 2.83. The quantitative estimate of drug-likeness (QED) is 0.604. The highest BCUT2D eigenvalue weighted by molar-refractivity contribution is 8.26. The van der Waals surface area contributed by atoms with E-state index in [0.717, 1.165) is 17.3 Å². The number of nitrogens with zero attached hydrogens (tertiary/aromatic N) is 1. The summed E-state index contributed by atoms with van der Waals surface area (Å²) >= 11 is 6.40. The van der Waals surface area contributed by atoms with Crippen molar-refractivity contribution >= 4 is 46.3 Å². The minimum absolute atomic E-state index is 0.311. The lowest BCUT2D eigenvalue weighted by Gasteiger charge is -2.22. The van der Waals surface area contributed by atoms with E-state index >= 15 is 0 Å². The molecule has 1 aromatic rings. The molecule has 0 radical (unpaired) electrons. The molecule has 24 heavy (non-hydrogen) atoms. The predicted molar refractivity (Wildman–Crippen MR) is 102 cm³/mol. The fraction of sp³-hybridized carbons (Fsp3) is 0.389. The van der Waals surface area contributed by atoms with Gasteiger partial charge in [-0.1, -0.05) is 75.4 Å². The first-order chi connectivity index (χ1) is 11.3. The molecule has 1 N–H and O–H groups in total. The van der Waals surface area contributed by atoms with E-state index in [1.807, 2.05) is 31.2 Å². The van der Waals surface area contributed by atoms with Gasteiger partial charge in [-0.3, -0.25) is 9.69 Å². The van der Waals surface area contributed by atoms with E-state index in [4.69, 9.17) is 12.2 Å². The van der Waals surface area contributed by atoms with Crippen LogP contribution in [0.4, 0.5) is 0 Å². The topological polar surface area (TPSA) is 57.6 Å². The van der Waals surface area contributed by atoms with Gasteiger partial charge in [0.15, 0.2) is 0 Å². The van der Waals surface area contributed by atoms with Crippen LogP contribution in [0.1, 0.15) is 50.7 Å². The third-order valence-electron chi connectivity index (χ3n) is 3.88. The van der Waals surface area contributed by atoms with Crippen LogP contribution in [0.3, 0.4) is 0 Å². The lowest BCUT2D eigenvalue weighted by molar-refractivity contribution is -0.145. The molecule has 4 nitrogen and oxygen atoms in total. The van der Waals surface area contributed by atoms with Crippen molar-refractivity contribution in [2.75, 3.05) is 0 Å². The first kappa shape index (κ1) is 18.7. The van der Waals surface area contributed by atoms with E-state index < -0.39 is 12.0 Å². The summed E-state index contributed by atoms with van der Waals surface area (Å²) in [4.78, 5) is 25.8. The number of thiocarbonyl (C=S) groups is 1. The van der Waals surface area contributed by atoms with Crippen molar-refractivity contribution in [1.29, 1.82) is 0 Å². The number of carbonyl (C=O) groups excluding carboxylic acids is 1. The van der Waals surface area contributed by atoms with Gasteiger partial charge in [-0.2, -0.15) is 0 Å². The maximum absolute atomic E-state index is 12.6. The third-order valence-corrected chi connectivity index (χ3v) is 5.21. The molecule has 6 heteroatoms. The van der Waals surface area contributed by atoms with Crippen LogP contribution < -0.4 is 0 Å². The van der Waals surface area contributed by atoms with Crippen LogP contribution in [0.15, 0.2) is 29.2 Å². The fourth-order valence-electron chi connectivity index (χ4n) is 2.51. The zero-order valence-corrected chi connectivity index (χ0v) is 15.6.